The molecule has 0 radical (unpaired) electrons. The lowest BCUT2D eigenvalue weighted by Gasteiger charge is -2.16. The lowest BCUT2D eigenvalue weighted by atomic mass is 10.0. The fraction of sp³-hybridized carbons (Fsp3) is 0.733. The van der Waals surface area contributed by atoms with Gasteiger partial charge in [-0.3, -0.25) is 0 Å². The number of hydrogen-bond acceptors (Lipinski definition) is 3. The van der Waals surface area contributed by atoms with Gasteiger partial charge < -0.3 is 5.32 Å². The standard InChI is InChI=1S/C15H26BrN3/c1-10(2)7-6-8-12(5)17-14-9-13(16)18-15(19-14)11(3)4/h9-12H,6-8H2,1-5H3,(H,17,18,19). The SMILES string of the molecule is CC(C)CCCC(C)Nc1cc(Br)nc(C(C)C)n1. The van der Waals surface area contributed by atoms with Gasteiger partial charge in [-0.1, -0.05) is 40.5 Å². The van der Waals surface area contributed by atoms with E-state index in [1.54, 1.807) is 0 Å². The van der Waals surface area contributed by atoms with Crippen molar-refractivity contribution >= 4 is 21.7 Å². The number of halogens is 1. The van der Waals surface area contributed by atoms with Crippen LogP contribution in [0.4, 0.5) is 5.82 Å². The highest BCUT2D eigenvalue weighted by molar-refractivity contribution is 9.10. The Bertz CT molecular complexity index is 391. The van der Waals surface area contributed by atoms with Gasteiger partial charge in [0.15, 0.2) is 0 Å². The van der Waals surface area contributed by atoms with Crippen LogP contribution in [0.3, 0.4) is 0 Å². The molecule has 0 fully saturated rings. The third-order valence-electron chi connectivity index (χ3n) is 3.04. The second-order valence-corrected chi connectivity index (χ2v) is 6.77. The number of nitrogens with zero attached hydrogens (tertiary/aromatic N) is 2. The van der Waals surface area contributed by atoms with Crippen molar-refractivity contribution in [3.8, 4) is 0 Å². The van der Waals surface area contributed by atoms with Crippen LogP contribution >= 0.6 is 15.9 Å². The van der Waals surface area contributed by atoms with Gasteiger partial charge in [0.05, 0.1) is 0 Å². The Morgan fingerprint density at radius 2 is 1.79 bits per heavy atom. The predicted molar refractivity (Wildman–Crippen MR) is 85.6 cm³/mol. The van der Waals surface area contributed by atoms with Crippen molar-refractivity contribution in [1.29, 1.82) is 0 Å². The van der Waals surface area contributed by atoms with Crippen LogP contribution < -0.4 is 5.32 Å². The van der Waals surface area contributed by atoms with E-state index < -0.39 is 0 Å². The highest BCUT2D eigenvalue weighted by Gasteiger charge is 2.09. The maximum Gasteiger partial charge on any atom is 0.134 e. The van der Waals surface area contributed by atoms with Gasteiger partial charge in [-0.2, -0.15) is 0 Å². The monoisotopic (exact) mass is 327 g/mol. The molecular formula is C15H26BrN3. The van der Waals surface area contributed by atoms with Gasteiger partial charge >= 0.3 is 0 Å². The number of aromatic nitrogens is 2. The van der Waals surface area contributed by atoms with E-state index in [1.165, 1.54) is 19.3 Å². The van der Waals surface area contributed by atoms with Crippen LogP contribution in [0.2, 0.25) is 0 Å². The Morgan fingerprint density at radius 1 is 1.11 bits per heavy atom. The minimum Gasteiger partial charge on any atom is -0.367 e. The van der Waals surface area contributed by atoms with Gasteiger partial charge in [-0.05, 0) is 35.2 Å². The number of rotatable bonds is 7. The van der Waals surface area contributed by atoms with E-state index >= 15 is 0 Å². The predicted octanol–water partition coefficient (Wildman–Crippen LogP) is 4.99. The van der Waals surface area contributed by atoms with Gasteiger partial charge in [0, 0.05) is 18.0 Å². The number of hydrogen-bond donors (Lipinski definition) is 1. The largest absolute Gasteiger partial charge is 0.367 e. The van der Waals surface area contributed by atoms with E-state index in [-0.39, 0.29) is 0 Å². The Balaban J connectivity index is 2.56. The highest BCUT2D eigenvalue weighted by atomic mass is 79.9. The molecule has 0 aromatic carbocycles. The van der Waals surface area contributed by atoms with Crippen LogP contribution in [0, 0.1) is 5.92 Å². The Kier molecular flexibility index (Phi) is 6.76. The topological polar surface area (TPSA) is 37.8 Å². The van der Waals surface area contributed by atoms with Crippen molar-refractivity contribution in [2.24, 2.45) is 5.92 Å². The zero-order valence-electron chi connectivity index (χ0n) is 12.7. The molecule has 0 saturated heterocycles. The van der Waals surface area contributed by atoms with Gasteiger partial charge in [-0.25, -0.2) is 9.97 Å². The lowest BCUT2D eigenvalue weighted by molar-refractivity contribution is 0.520. The zero-order valence-corrected chi connectivity index (χ0v) is 14.3. The fourth-order valence-corrected chi connectivity index (χ4v) is 2.32. The molecule has 0 bridgehead atoms. The van der Waals surface area contributed by atoms with E-state index in [0.717, 1.165) is 22.2 Å². The molecule has 0 aliphatic carbocycles. The van der Waals surface area contributed by atoms with E-state index in [1.807, 2.05) is 6.07 Å². The average Bonchev–Trinajstić information content (AvgIpc) is 2.27. The molecule has 1 atom stereocenters. The summed E-state index contributed by atoms with van der Waals surface area (Å²) in [5.74, 6) is 2.93. The van der Waals surface area contributed by atoms with Crippen LogP contribution in [0.1, 0.15) is 65.6 Å². The van der Waals surface area contributed by atoms with Gasteiger partial charge in [0.1, 0.15) is 16.2 Å². The molecule has 1 N–H and O–H groups in total. The van der Waals surface area contributed by atoms with Crippen molar-refractivity contribution in [2.45, 2.75) is 65.8 Å². The molecule has 3 nitrogen and oxygen atoms in total. The molecule has 1 rings (SSSR count). The second kappa shape index (κ2) is 7.83. The maximum atomic E-state index is 4.56. The van der Waals surface area contributed by atoms with Crippen molar-refractivity contribution in [3.05, 3.63) is 16.5 Å². The first-order valence-corrected chi connectivity index (χ1v) is 7.98. The van der Waals surface area contributed by atoms with E-state index in [9.17, 15) is 0 Å². The van der Waals surface area contributed by atoms with Crippen LogP contribution in [-0.4, -0.2) is 16.0 Å². The Labute approximate surface area is 125 Å². The average molecular weight is 328 g/mol. The number of anilines is 1. The summed E-state index contributed by atoms with van der Waals surface area (Å²) in [6.07, 6.45) is 3.72. The molecule has 19 heavy (non-hydrogen) atoms. The summed E-state index contributed by atoms with van der Waals surface area (Å²) in [5, 5.41) is 3.47. The molecule has 0 aliphatic heterocycles. The zero-order chi connectivity index (χ0) is 14.4. The second-order valence-electron chi connectivity index (χ2n) is 5.96. The Hall–Kier alpha value is -0.640. The quantitative estimate of drug-likeness (QED) is 0.717. The van der Waals surface area contributed by atoms with Gasteiger partial charge in [0.2, 0.25) is 0 Å². The fourth-order valence-electron chi connectivity index (χ4n) is 1.92. The minimum absolute atomic E-state index is 0.342. The summed E-state index contributed by atoms with van der Waals surface area (Å²) in [6, 6.07) is 2.39. The third kappa shape index (κ3) is 6.37. The molecule has 1 aromatic rings. The van der Waals surface area contributed by atoms with E-state index in [4.69, 9.17) is 0 Å². The van der Waals surface area contributed by atoms with Crippen molar-refractivity contribution in [1.82, 2.24) is 9.97 Å². The molecular weight excluding hydrogens is 302 g/mol. The summed E-state index contributed by atoms with van der Waals surface area (Å²) in [7, 11) is 0. The molecule has 1 heterocycles. The summed E-state index contributed by atoms with van der Waals surface area (Å²) >= 11 is 3.45. The summed E-state index contributed by atoms with van der Waals surface area (Å²) < 4.78 is 0.850. The van der Waals surface area contributed by atoms with Crippen LogP contribution in [-0.2, 0) is 0 Å². The lowest BCUT2D eigenvalue weighted by Crippen LogP contribution is -2.17. The summed E-state index contributed by atoms with van der Waals surface area (Å²) in [4.78, 5) is 8.96. The molecule has 108 valence electrons. The first-order valence-electron chi connectivity index (χ1n) is 7.19. The van der Waals surface area contributed by atoms with Crippen molar-refractivity contribution in [3.63, 3.8) is 0 Å². The summed E-state index contributed by atoms with van der Waals surface area (Å²) in [5.41, 5.74) is 0. The first kappa shape index (κ1) is 16.4. The molecule has 0 aliphatic rings. The van der Waals surface area contributed by atoms with Gasteiger partial charge in [-0.15, -0.1) is 0 Å². The van der Waals surface area contributed by atoms with Crippen LogP contribution in [0.25, 0.3) is 0 Å². The van der Waals surface area contributed by atoms with E-state index in [0.29, 0.717) is 12.0 Å². The minimum atomic E-state index is 0.342. The van der Waals surface area contributed by atoms with Crippen LogP contribution in [0.15, 0.2) is 10.7 Å². The molecule has 0 amide bonds. The molecule has 0 spiro atoms. The Morgan fingerprint density at radius 3 is 2.37 bits per heavy atom. The maximum absolute atomic E-state index is 4.56. The molecule has 1 unspecified atom stereocenters. The molecule has 4 heteroatoms. The van der Waals surface area contributed by atoms with Crippen LogP contribution in [0.5, 0.6) is 0 Å². The first-order chi connectivity index (χ1) is 8.88. The smallest absolute Gasteiger partial charge is 0.134 e. The molecule has 0 saturated carbocycles. The number of nitrogens with one attached hydrogen (secondary N) is 1. The third-order valence-corrected chi connectivity index (χ3v) is 3.45. The summed E-state index contributed by atoms with van der Waals surface area (Å²) in [6.45, 7) is 11.0. The normalized spacial score (nSPS) is 13.1. The van der Waals surface area contributed by atoms with Gasteiger partial charge in [0.25, 0.3) is 0 Å². The van der Waals surface area contributed by atoms with Crippen molar-refractivity contribution < 1.29 is 0 Å². The van der Waals surface area contributed by atoms with Crippen molar-refractivity contribution in [2.75, 3.05) is 5.32 Å². The highest BCUT2D eigenvalue weighted by Crippen LogP contribution is 2.19. The van der Waals surface area contributed by atoms with E-state index in [2.05, 4.69) is 65.8 Å². The molecule has 1 aromatic heterocycles.